The minimum atomic E-state index is 0.419. The second-order valence-corrected chi connectivity index (χ2v) is 4.57. The van der Waals surface area contributed by atoms with Gasteiger partial charge >= 0.3 is 0 Å². The average Bonchev–Trinajstić information content (AvgIpc) is 2.38. The molecule has 0 aromatic heterocycles. The minimum Gasteiger partial charge on any atom is -0.497 e. The largest absolute Gasteiger partial charge is 0.497 e. The Morgan fingerprint density at radius 1 is 1.17 bits per heavy atom. The summed E-state index contributed by atoms with van der Waals surface area (Å²) in [4.78, 5) is 0.419. The van der Waals surface area contributed by atoms with Crippen LogP contribution in [0.1, 0.15) is 11.1 Å². The van der Waals surface area contributed by atoms with Gasteiger partial charge in [0.25, 0.3) is 0 Å². The van der Waals surface area contributed by atoms with E-state index in [2.05, 4.69) is 13.0 Å². The number of hydrogen-bond acceptors (Lipinski definition) is 2. The Kier molecular flexibility index (Phi) is 3.63. The summed E-state index contributed by atoms with van der Waals surface area (Å²) in [6.45, 7) is 2.06. The molecule has 92 valence electrons. The quantitative estimate of drug-likeness (QED) is 0.857. The maximum Gasteiger partial charge on any atom is 0.119 e. The van der Waals surface area contributed by atoms with Crippen molar-refractivity contribution in [2.45, 2.75) is 6.92 Å². The van der Waals surface area contributed by atoms with E-state index in [-0.39, 0.29) is 0 Å². The maximum atomic E-state index is 5.66. The van der Waals surface area contributed by atoms with E-state index >= 15 is 0 Å². The van der Waals surface area contributed by atoms with Gasteiger partial charge in [0.05, 0.1) is 7.11 Å². The third kappa shape index (κ3) is 2.51. The second kappa shape index (κ2) is 5.19. The Morgan fingerprint density at radius 2 is 1.94 bits per heavy atom. The number of rotatable bonds is 3. The first-order valence-corrected chi connectivity index (χ1v) is 6.07. The highest BCUT2D eigenvalue weighted by molar-refractivity contribution is 7.80. The molecule has 0 heterocycles. The predicted octanol–water partition coefficient (Wildman–Crippen LogP) is 3.30. The molecule has 2 N–H and O–H groups in total. The van der Waals surface area contributed by atoms with Gasteiger partial charge in [-0.05, 0) is 41.8 Å². The third-order valence-corrected chi connectivity index (χ3v) is 3.13. The van der Waals surface area contributed by atoms with Crippen LogP contribution in [-0.4, -0.2) is 12.1 Å². The Labute approximate surface area is 112 Å². The summed E-state index contributed by atoms with van der Waals surface area (Å²) in [6, 6.07) is 14.0. The van der Waals surface area contributed by atoms with Crippen LogP contribution in [0.4, 0.5) is 0 Å². The molecule has 2 rings (SSSR count). The van der Waals surface area contributed by atoms with Gasteiger partial charge in [-0.25, -0.2) is 0 Å². The third-order valence-electron chi connectivity index (χ3n) is 2.89. The fourth-order valence-corrected chi connectivity index (χ4v) is 2.05. The van der Waals surface area contributed by atoms with E-state index in [0.717, 1.165) is 28.0 Å². The lowest BCUT2D eigenvalue weighted by Crippen LogP contribution is -2.08. The summed E-state index contributed by atoms with van der Waals surface area (Å²) < 4.78 is 5.21. The van der Waals surface area contributed by atoms with Crippen LogP contribution < -0.4 is 10.5 Å². The highest BCUT2D eigenvalue weighted by Gasteiger charge is 2.05. The summed E-state index contributed by atoms with van der Waals surface area (Å²) in [6.07, 6.45) is 0. The van der Waals surface area contributed by atoms with E-state index in [1.165, 1.54) is 0 Å². The van der Waals surface area contributed by atoms with Gasteiger partial charge in [0.15, 0.2) is 0 Å². The van der Waals surface area contributed by atoms with Crippen LogP contribution in [-0.2, 0) is 0 Å². The van der Waals surface area contributed by atoms with Crippen molar-refractivity contribution in [3.63, 3.8) is 0 Å². The molecule has 0 saturated heterocycles. The van der Waals surface area contributed by atoms with Crippen LogP contribution >= 0.6 is 12.2 Å². The molecule has 0 spiro atoms. The van der Waals surface area contributed by atoms with Crippen LogP contribution in [0.5, 0.6) is 5.75 Å². The van der Waals surface area contributed by atoms with Crippen LogP contribution in [0.3, 0.4) is 0 Å². The van der Waals surface area contributed by atoms with Gasteiger partial charge in [0, 0.05) is 5.56 Å². The van der Waals surface area contributed by atoms with Gasteiger partial charge in [-0.2, -0.15) is 0 Å². The first-order valence-electron chi connectivity index (χ1n) is 5.66. The predicted molar refractivity (Wildman–Crippen MR) is 79.1 cm³/mol. The van der Waals surface area contributed by atoms with Gasteiger partial charge < -0.3 is 10.5 Å². The fraction of sp³-hybridized carbons (Fsp3) is 0.133. The summed E-state index contributed by atoms with van der Waals surface area (Å²) in [7, 11) is 1.67. The fourth-order valence-electron chi connectivity index (χ4n) is 1.93. The van der Waals surface area contributed by atoms with E-state index in [4.69, 9.17) is 22.7 Å². The van der Waals surface area contributed by atoms with Crippen molar-refractivity contribution in [2.75, 3.05) is 7.11 Å². The molecule has 0 aliphatic rings. The number of ether oxygens (including phenoxy) is 1. The van der Waals surface area contributed by atoms with Crippen molar-refractivity contribution in [3.8, 4) is 16.9 Å². The molecule has 2 nitrogen and oxygen atoms in total. The molecule has 2 aromatic carbocycles. The van der Waals surface area contributed by atoms with Gasteiger partial charge in [-0.15, -0.1) is 0 Å². The van der Waals surface area contributed by atoms with Crippen LogP contribution in [0, 0.1) is 6.92 Å². The standard InChI is InChI=1S/C15H15NOS/c1-10-8-13(17-2)6-7-14(10)11-4-3-5-12(9-11)15(16)18/h3-9H,1-2H3,(H2,16,18). The number of aryl methyl sites for hydroxylation is 1. The topological polar surface area (TPSA) is 35.2 Å². The molecule has 18 heavy (non-hydrogen) atoms. The lowest BCUT2D eigenvalue weighted by molar-refractivity contribution is 0.414. The molecule has 0 aliphatic heterocycles. The first-order chi connectivity index (χ1) is 8.61. The second-order valence-electron chi connectivity index (χ2n) is 4.13. The first kappa shape index (κ1) is 12.6. The highest BCUT2D eigenvalue weighted by atomic mass is 32.1. The number of nitrogens with two attached hydrogens (primary N) is 1. The molecule has 0 amide bonds. The Bertz CT molecular complexity index is 593. The lowest BCUT2D eigenvalue weighted by atomic mass is 9.98. The Balaban J connectivity index is 2.48. The van der Waals surface area contributed by atoms with E-state index in [9.17, 15) is 0 Å². The van der Waals surface area contributed by atoms with Crippen molar-refractivity contribution < 1.29 is 4.74 Å². The van der Waals surface area contributed by atoms with E-state index in [0.29, 0.717) is 4.99 Å². The van der Waals surface area contributed by atoms with Crippen molar-refractivity contribution >= 4 is 17.2 Å². The molecule has 0 bridgehead atoms. The molecular weight excluding hydrogens is 242 g/mol. The summed E-state index contributed by atoms with van der Waals surface area (Å²) >= 11 is 5.00. The van der Waals surface area contributed by atoms with Gasteiger partial charge in [0.2, 0.25) is 0 Å². The number of methoxy groups -OCH3 is 1. The SMILES string of the molecule is COc1ccc(-c2cccc(C(N)=S)c2)c(C)c1. The normalized spacial score (nSPS) is 10.1. The number of hydrogen-bond donors (Lipinski definition) is 1. The van der Waals surface area contributed by atoms with Crippen LogP contribution in [0.2, 0.25) is 0 Å². The molecule has 0 aliphatic carbocycles. The zero-order chi connectivity index (χ0) is 13.1. The zero-order valence-corrected chi connectivity index (χ0v) is 11.3. The molecule has 3 heteroatoms. The van der Waals surface area contributed by atoms with Crippen LogP contribution in [0.25, 0.3) is 11.1 Å². The van der Waals surface area contributed by atoms with E-state index in [1.54, 1.807) is 7.11 Å². The van der Waals surface area contributed by atoms with Crippen molar-refractivity contribution in [3.05, 3.63) is 53.6 Å². The average molecular weight is 257 g/mol. The molecule has 2 aromatic rings. The molecular formula is C15H15NOS. The molecule has 0 unspecified atom stereocenters. The van der Waals surface area contributed by atoms with Crippen molar-refractivity contribution in [1.29, 1.82) is 0 Å². The molecule has 0 atom stereocenters. The van der Waals surface area contributed by atoms with Crippen LogP contribution in [0.15, 0.2) is 42.5 Å². The Hall–Kier alpha value is -1.87. The number of benzene rings is 2. The van der Waals surface area contributed by atoms with Crippen molar-refractivity contribution in [2.24, 2.45) is 5.73 Å². The summed E-state index contributed by atoms with van der Waals surface area (Å²) in [5.74, 6) is 0.863. The Morgan fingerprint density at radius 3 is 2.56 bits per heavy atom. The van der Waals surface area contributed by atoms with E-state index in [1.807, 2.05) is 36.4 Å². The minimum absolute atomic E-state index is 0.419. The number of thiocarbonyl (C=S) groups is 1. The molecule has 0 fully saturated rings. The smallest absolute Gasteiger partial charge is 0.119 e. The van der Waals surface area contributed by atoms with E-state index < -0.39 is 0 Å². The molecule has 0 saturated carbocycles. The van der Waals surface area contributed by atoms with Gasteiger partial charge in [-0.1, -0.05) is 36.5 Å². The molecule has 0 radical (unpaired) electrons. The monoisotopic (exact) mass is 257 g/mol. The zero-order valence-electron chi connectivity index (χ0n) is 10.4. The summed E-state index contributed by atoms with van der Waals surface area (Å²) in [5.41, 5.74) is 9.98. The van der Waals surface area contributed by atoms with Gasteiger partial charge in [0.1, 0.15) is 10.7 Å². The van der Waals surface area contributed by atoms with Crippen molar-refractivity contribution in [1.82, 2.24) is 0 Å². The van der Waals surface area contributed by atoms with Gasteiger partial charge in [-0.3, -0.25) is 0 Å². The lowest BCUT2D eigenvalue weighted by Gasteiger charge is -2.09. The maximum absolute atomic E-state index is 5.66. The highest BCUT2D eigenvalue weighted by Crippen LogP contribution is 2.27. The summed E-state index contributed by atoms with van der Waals surface area (Å²) in [5, 5.41) is 0.